The molecule has 0 fully saturated rings. The number of hydrogen-bond acceptors (Lipinski definition) is 6. The summed E-state index contributed by atoms with van der Waals surface area (Å²) < 4.78 is 6.29. The summed E-state index contributed by atoms with van der Waals surface area (Å²) in [5, 5.41) is 14.6. The number of nitro groups is 1. The number of aromatic nitrogens is 1. The summed E-state index contributed by atoms with van der Waals surface area (Å²) in [4.78, 5) is 41.5. The number of nitro benzene ring substituents is 1. The van der Waals surface area contributed by atoms with Crippen LogP contribution in [0, 0.1) is 10.1 Å². The lowest BCUT2D eigenvalue weighted by Gasteiger charge is -2.22. The molecule has 1 amide bonds. The number of nitrogens with zero attached hydrogens (tertiary/aromatic N) is 2. The van der Waals surface area contributed by atoms with Gasteiger partial charge in [-0.2, -0.15) is 0 Å². The van der Waals surface area contributed by atoms with Crippen molar-refractivity contribution in [3.63, 3.8) is 0 Å². The second kappa shape index (κ2) is 10.9. The smallest absolute Gasteiger partial charge is 0.339 e. The molecule has 0 atom stereocenters. The number of ether oxygens (including phenoxy) is 1. The van der Waals surface area contributed by atoms with Gasteiger partial charge in [-0.3, -0.25) is 14.9 Å². The topological polar surface area (TPSA) is 111 Å². The average Bonchev–Trinajstić information content (AvgIpc) is 2.91. The van der Waals surface area contributed by atoms with Gasteiger partial charge in [-0.05, 0) is 66.3 Å². The van der Waals surface area contributed by atoms with Gasteiger partial charge >= 0.3 is 5.97 Å². The zero-order chi connectivity index (χ0) is 26.6. The number of pyridine rings is 1. The van der Waals surface area contributed by atoms with Crippen LogP contribution in [-0.4, -0.2) is 28.4 Å². The summed E-state index contributed by atoms with van der Waals surface area (Å²) in [5.41, 5.74) is 4.62. The number of hydrogen-bond donors (Lipinski definition) is 1. The van der Waals surface area contributed by atoms with E-state index in [4.69, 9.17) is 9.72 Å². The van der Waals surface area contributed by atoms with E-state index in [1.165, 1.54) is 12.1 Å². The van der Waals surface area contributed by atoms with Crippen LogP contribution in [0.15, 0.2) is 77.3 Å². The van der Waals surface area contributed by atoms with Crippen LogP contribution < -0.4 is 5.32 Å². The first-order valence-corrected chi connectivity index (χ1v) is 12.8. The van der Waals surface area contributed by atoms with E-state index in [-0.39, 0.29) is 5.69 Å². The molecule has 4 aromatic rings. The van der Waals surface area contributed by atoms with Gasteiger partial charge in [-0.25, -0.2) is 9.78 Å². The van der Waals surface area contributed by atoms with E-state index in [9.17, 15) is 19.7 Å². The third-order valence-electron chi connectivity index (χ3n) is 6.24. The third-order valence-corrected chi connectivity index (χ3v) is 6.73. The van der Waals surface area contributed by atoms with Crippen LogP contribution in [0.2, 0.25) is 0 Å². The number of rotatable bonds is 6. The molecule has 0 spiro atoms. The van der Waals surface area contributed by atoms with Gasteiger partial charge in [0.05, 0.1) is 21.7 Å². The third kappa shape index (κ3) is 5.47. The van der Waals surface area contributed by atoms with Gasteiger partial charge < -0.3 is 10.1 Å². The highest BCUT2D eigenvalue weighted by Crippen LogP contribution is 2.36. The summed E-state index contributed by atoms with van der Waals surface area (Å²) >= 11 is 3.36. The molecule has 0 saturated carbocycles. The van der Waals surface area contributed by atoms with Crippen molar-refractivity contribution in [2.24, 2.45) is 0 Å². The molecule has 38 heavy (non-hydrogen) atoms. The zero-order valence-electron chi connectivity index (χ0n) is 20.1. The van der Waals surface area contributed by atoms with Gasteiger partial charge in [0.15, 0.2) is 6.61 Å². The molecule has 1 aliphatic carbocycles. The Kier molecular flexibility index (Phi) is 7.28. The average molecular weight is 572 g/mol. The van der Waals surface area contributed by atoms with Gasteiger partial charge in [0, 0.05) is 27.7 Å². The molecule has 3 aromatic carbocycles. The number of para-hydroxylation sites is 1. The van der Waals surface area contributed by atoms with Crippen LogP contribution in [0.4, 0.5) is 11.4 Å². The number of non-ortho nitro benzene ring substituents is 1. The van der Waals surface area contributed by atoms with E-state index >= 15 is 0 Å². The van der Waals surface area contributed by atoms with Gasteiger partial charge in [-0.15, -0.1) is 0 Å². The number of benzene rings is 3. The van der Waals surface area contributed by atoms with Crippen LogP contribution in [-0.2, 0) is 16.0 Å². The number of carbonyl (C=O) groups excluding carboxylic acids is 2. The molecular weight excluding hydrogens is 550 g/mol. The van der Waals surface area contributed by atoms with Gasteiger partial charge in [0.2, 0.25) is 0 Å². The molecule has 1 aliphatic rings. The SMILES string of the molecule is O=C(COC(=O)c1c2c(nc3ccccc13)/C(=C\c1cccc([N+](=O)[O-])c1)CCC2)Nc1cccc(Br)c1. The Morgan fingerprint density at radius 1 is 1.05 bits per heavy atom. The molecule has 0 bridgehead atoms. The van der Waals surface area contributed by atoms with Crippen molar-refractivity contribution in [1.29, 1.82) is 0 Å². The Bertz CT molecular complexity index is 1620. The lowest BCUT2D eigenvalue weighted by Crippen LogP contribution is -2.22. The standard InChI is InChI=1S/C29H22BrN3O5/c30-20-8-5-9-21(16-20)31-26(34)17-38-29(35)27-23-11-1-2-13-25(23)32-28-19(7-4-12-24(27)28)14-18-6-3-10-22(15-18)33(36)37/h1-3,5-6,8-11,13-16H,4,7,12,17H2,(H,31,34)/b19-14-. The van der Waals surface area contributed by atoms with Crippen molar-refractivity contribution in [1.82, 2.24) is 4.98 Å². The minimum Gasteiger partial charge on any atom is -0.452 e. The van der Waals surface area contributed by atoms with Crippen molar-refractivity contribution in [2.45, 2.75) is 19.3 Å². The summed E-state index contributed by atoms with van der Waals surface area (Å²) in [6, 6.07) is 20.8. The fourth-order valence-corrected chi connectivity index (χ4v) is 5.00. The van der Waals surface area contributed by atoms with Crippen molar-refractivity contribution in [2.75, 3.05) is 11.9 Å². The maximum atomic E-state index is 13.4. The Hall–Kier alpha value is -4.37. The molecule has 0 radical (unpaired) electrons. The number of fused-ring (bicyclic) bond motifs is 2. The molecule has 0 aliphatic heterocycles. The van der Waals surface area contributed by atoms with Crippen LogP contribution in [0.5, 0.6) is 0 Å². The van der Waals surface area contributed by atoms with Gasteiger partial charge in [-0.1, -0.05) is 52.3 Å². The van der Waals surface area contributed by atoms with Gasteiger partial charge in [0.1, 0.15) is 0 Å². The van der Waals surface area contributed by atoms with Crippen LogP contribution >= 0.6 is 15.9 Å². The van der Waals surface area contributed by atoms with E-state index < -0.39 is 23.4 Å². The van der Waals surface area contributed by atoms with Gasteiger partial charge in [0.25, 0.3) is 11.6 Å². The van der Waals surface area contributed by atoms with Crippen molar-refractivity contribution >= 4 is 61.7 Å². The van der Waals surface area contributed by atoms with E-state index in [2.05, 4.69) is 21.2 Å². The predicted octanol–water partition coefficient (Wildman–Crippen LogP) is 6.58. The fourth-order valence-electron chi connectivity index (χ4n) is 4.60. The Morgan fingerprint density at radius 3 is 2.68 bits per heavy atom. The van der Waals surface area contributed by atoms with Crippen molar-refractivity contribution < 1.29 is 19.2 Å². The minimum absolute atomic E-state index is 0.00672. The number of esters is 1. The summed E-state index contributed by atoms with van der Waals surface area (Å²) in [6.07, 6.45) is 3.99. The fraction of sp³-hybridized carbons (Fsp3) is 0.138. The normalized spacial score (nSPS) is 13.7. The molecule has 0 saturated heterocycles. The highest BCUT2D eigenvalue weighted by atomic mass is 79.9. The maximum absolute atomic E-state index is 13.4. The summed E-state index contributed by atoms with van der Waals surface area (Å²) in [7, 11) is 0. The Balaban J connectivity index is 1.47. The zero-order valence-corrected chi connectivity index (χ0v) is 21.7. The van der Waals surface area contributed by atoms with Crippen molar-refractivity contribution in [3.05, 3.63) is 110 Å². The second-order valence-corrected chi connectivity index (χ2v) is 9.76. The lowest BCUT2D eigenvalue weighted by molar-refractivity contribution is -0.384. The summed E-state index contributed by atoms with van der Waals surface area (Å²) in [5.74, 6) is -1.05. The number of nitrogens with one attached hydrogen (secondary N) is 1. The van der Waals surface area contributed by atoms with Crippen molar-refractivity contribution in [3.8, 4) is 0 Å². The molecule has 1 aromatic heterocycles. The molecule has 1 N–H and O–H groups in total. The van der Waals surface area contributed by atoms with E-state index in [1.54, 1.807) is 30.3 Å². The largest absolute Gasteiger partial charge is 0.452 e. The predicted molar refractivity (Wildman–Crippen MR) is 149 cm³/mol. The molecule has 190 valence electrons. The number of anilines is 1. The van der Waals surface area contributed by atoms with Crippen LogP contribution in [0.3, 0.4) is 0 Å². The van der Waals surface area contributed by atoms with E-state index in [0.717, 1.165) is 22.0 Å². The first-order chi connectivity index (χ1) is 18.4. The molecule has 1 heterocycles. The highest BCUT2D eigenvalue weighted by molar-refractivity contribution is 9.10. The second-order valence-electron chi connectivity index (χ2n) is 8.84. The molecule has 0 unspecified atom stereocenters. The lowest BCUT2D eigenvalue weighted by atomic mass is 9.86. The molecule has 9 heteroatoms. The highest BCUT2D eigenvalue weighted by Gasteiger charge is 2.26. The quantitative estimate of drug-likeness (QED) is 0.159. The minimum atomic E-state index is -0.596. The van der Waals surface area contributed by atoms with E-state index in [1.807, 2.05) is 36.4 Å². The number of allylic oxidation sites excluding steroid dienone is 1. The Labute approximate surface area is 226 Å². The Morgan fingerprint density at radius 2 is 1.87 bits per heavy atom. The maximum Gasteiger partial charge on any atom is 0.339 e. The molecule has 8 nitrogen and oxygen atoms in total. The monoisotopic (exact) mass is 571 g/mol. The first-order valence-electron chi connectivity index (χ1n) is 12.0. The summed E-state index contributed by atoms with van der Waals surface area (Å²) in [6.45, 7) is -0.437. The molecular formula is C29H22BrN3O5. The first kappa shape index (κ1) is 25.3. The number of amides is 1. The van der Waals surface area contributed by atoms with Crippen LogP contribution in [0.1, 0.15) is 40.0 Å². The number of halogens is 1. The van der Waals surface area contributed by atoms with Crippen LogP contribution in [0.25, 0.3) is 22.6 Å². The number of carbonyl (C=O) groups is 2. The van der Waals surface area contributed by atoms with E-state index in [0.29, 0.717) is 46.3 Å². The molecule has 5 rings (SSSR count).